The first-order valence-electron chi connectivity index (χ1n) is 9.47. The minimum atomic E-state index is -0.311. The second-order valence-corrected chi connectivity index (χ2v) is 9.58. The fourth-order valence-corrected chi connectivity index (χ4v) is 6.76. The van der Waals surface area contributed by atoms with Crippen molar-refractivity contribution in [2.24, 2.45) is 0 Å². The van der Waals surface area contributed by atoms with E-state index in [2.05, 4.69) is 52.7 Å². The molecular weight excluding hydrogens is 340 g/mol. The van der Waals surface area contributed by atoms with Gasteiger partial charge in [-0.15, -0.1) is 0 Å². The number of ether oxygens (including phenoxy) is 2. The molecule has 0 aromatic heterocycles. The van der Waals surface area contributed by atoms with Crippen LogP contribution in [0.2, 0.25) is 0 Å². The maximum Gasteiger partial charge on any atom is 0.0906 e. The summed E-state index contributed by atoms with van der Waals surface area (Å²) in [5, 5.41) is 2.20. The van der Waals surface area contributed by atoms with E-state index in [-0.39, 0.29) is 10.4 Å². The Kier molecular flexibility index (Phi) is 5.14. The van der Waals surface area contributed by atoms with Crippen molar-refractivity contribution >= 4 is 30.5 Å². The normalized spacial score (nSPS) is 30.4. The molecule has 0 saturated carbocycles. The second-order valence-electron chi connectivity index (χ2n) is 7.26. The lowest BCUT2D eigenvalue weighted by Crippen LogP contribution is -2.64. The van der Waals surface area contributed by atoms with E-state index in [1.807, 2.05) is 0 Å². The molecule has 25 heavy (non-hydrogen) atoms. The highest BCUT2D eigenvalue weighted by Gasteiger charge is 2.51. The van der Waals surface area contributed by atoms with Gasteiger partial charge in [-0.1, -0.05) is 42.5 Å². The number of fused-ring (bicyclic) bond motifs is 1. The van der Waals surface area contributed by atoms with Gasteiger partial charge in [0.2, 0.25) is 0 Å². The van der Waals surface area contributed by atoms with Crippen LogP contribution in [0.25, 0.3) is 10.8 Å². The van der Waals surface area contributed by atoms with Crippen molar-refractivity contribution in [3.05, 3.63) is 48.0 Å². The van der Waals surface area contributed by atoms with Crippen LogP contribution in [0.15, 0.2) is 42.5 Å². The Balaban J connectivity index is 1.61. The number of hydrogen-bond acceptors (Lipinski definition) is 2. The van der Waals surface area contributed by atoms with Crippen molar-refractivity contribution in [2.45, 2.75) is 55.0 Å². The quantitative estimate of drug-likeness (QED) is 0.762. The molecule has 2 atom stereocenters. The van der Waals surface area contributed by atoms with E-state index >= 15 is 0 Å². The summed E-state index contributed by atoms with van der Waals surface area (Å²) in [5.74, 6) is 0. The molecule has 129 valence electrons. The first kappa shape index (κ1) is 17.5. The van der Waals surface area contributed by atoms with E-state index in [0.717, 1.165) is 38.5 Å². The molecule has 0 amide bonds. The first-order chi connectivity index (χ1) is 12.2. The van der Waals surface area contributed by atoms with Crippen LogP contribution in [0.1, 0.15) is 44.1 Å². The van der Waals surface area contributed by atoms with Crippen molar-refractivity contribution < 1.29 is 9.47 Å². The minimum Gasteiger partial charge on any atom is -0.377 e. The number of hydrogen-bond donors (Lipinski definition) is 0. The average Bonchev–Trinajstić information content (AvgIpc) is 2.67. The molecule has 0 aliphatic carbocycles. The number of rotatable bonds is 4. The van der Waals surface area contributed by atoms with Crippen LogP contribution >= 0.6 is 0 Å². The third-order valence-electron chi connectivity index (χ3n) is 5.64. The van der Waals surface area contributed by atoms with Crippen molar-refractivity contribution in [2.75, 3.05) is 13.2 Å². The average molecular weight is 366 g/mol. The maximum atomic E-state index is 6.48. The van der Waals surface area contributed by atoms with Gasteiger partial charge in [-0.05, 0) is 60.9 Å². The van der Waals surface area contributed by atoms with E-state index in [1.54, 1.807) is 0 Å². The van der Waals surface area contributed by atoms with Crippen molar-refractivity contribution in [1.29, 1.82) is 0 Å². The van der Waals surface area contributed by atoms with E-state index in [0.29, 0.717) is 9.52 Å². The topological polar surface area (TPSA) is 18.5 Å². The molecule has 2 aliphatic heterocycles. The third kappa shape index (κ3) is 3.37. The van der Waals surface area contributed by atoms with Crippen LogP contribution in [0.4, 0.5) is 0 Å². The Morgan fingerprint density at radius 1 is 0.880 bits per heavy atom. The summed E-state index contributed by atoms with van der Waals surface area (Å²) < 4.78 is 12.8. The Bertz CT molecular complexity index is 713. The lowest BCUT2D eigenvalue weighted by atomic mass is 9.96. The fourth-order valence-electron chi connectivity index (χ4n) is 4.19. The molecule has 2 heterocycles. The van der Waals surface area contributed by atoms with E-state index < -0.39 is 0 Å². The van der Waals surface area contributed by atoms with Gasteiger partial charge in [-0.2, -0.15) is 0 Å². The highest BCUT2D eigenvalue weighted by molar-refractivity contribution is 6.43. The minimum absolute atomic E-state index is 0.181. The van der Waals surface area contributed by atoms with Gasteiger partial charge in [0.25, 0.3) is 0 Å². The van der Waals surface area contributed by atoms with Gasteiger partial charge in [-0.25, -0.2) is 0 Å². The second kappa shape index (κ2) is 7.35. The molecule has 4 heteroatoms. The summed E-state index contributed by atoms with van der Waals surface area (Å²) in [6.45, 7) is 1.70. The molecule has 0 N–H and O–H groups in total. The SMILES string of the molecule is [Si]C1(C2([Si]Cc3cccc4ccccc34)CCCCO2)CCCCO1. The van der Waals surface area contributed by atoms with Crippen molar-refractivity contribution in [1.82, 2.24) is 0 Å². The Hall–Kier alpha value is -0.946. The predicted molar refractivity (Wildman–Crippen MR) is 104 cm³/mol. The largest absolute Gasteiger partial charge is 0.377 e. The Labute approximate surface area is 156 Å². The molecule has 5 radical (unpaired) electrons. The van der Waals surface area contributed by atoms with Crippen LogP contribution in [-0.4, -0.2) is 43.4 Å². The number of benzene rings is 2. The van der Waals surface area contributed by atoms with Crippen LogP contribution in [0, 0.1) is 0 Å². The zero-order chi connectivity index (χ0) is 17.2. The van der Waals surface area contributed by atoms with Gasteiger partial charge in [-0.3, -0.25) is 0 Å². The van der Waals surface area contributed by atoms with E-state index in [1.165, 1.54) is 35.6 Å². The molecule has 0 bridgehead atoms. The molecule has 2 fully saturated rings. The Morgan fingerprint density at radius 2 is 1.64 bits per heavy atom. The summed E-state index contributed by atoms with van der Waals surface area (Å²) >= 11 is 0. The Morgan fingerprint density at radius 3 is 2.40 bits per heavy atom. The van der Waals surface area contributed by atoms with E-state index in [9.17, 15) is 0 Å². The summed E-state index contributed by atoms with van der Waals surface area (Å²) in [5.41, 5.74) is 1.43. The predicted octanol–water partition coefficient (Wildman–Crippen LogP) is 4.01. The first-order valence-corrected chi connectivity index (χ1v) is 11.2. The van der Waals surface area contributed by atoms with Crippen LogP contribution in [0.3, 0.4) is 0 Å². The lowest BCUT2D eigenvalue weighted by molar-refractivity contribution is -0.159. The molecule has 2 nitrogen and oxygen atoms in total. The van der Waals surface area contributed by atoms with Gasteiger partial charge in [0.15, 0.2) is 0 Å². The maximum absolute atomic E-state index is 6.48. The molecule has 0 spiro atoms. The van der Waals surface area contributed by atoms with E-state index in [4.69, 9.17) is 9.47 Å². The molecular formula is C21H25O2Si2. The fraction of sp³-hybridized carbons (Fsp3) is 0.524. The molecule has 2 aliphatic rings. The summed E-state index contributed by atoms with van der Waals surface area (Å²) in [6.07, 6.45) is 6.93. The van der Waals surface area contributed by atoms with Crippen LogP contribution < -0.4 is 0 Å². The van der Waals surface area contributed by atoms with Crippen LogP contribution in [-0.2, 0) is 15.5 Å². The van der Waals surface area contributed by atoms with Gasteiger partial charge >= 0.3 is 0 Å². The summed E-state index contributed by atoms with van der Waals surface area (Å²) in [4.78, 5) is 0. The zero-order valence-corrected chi connectivity index (χ0v) is 16.7. The highest BCUT2D eigenvalue weighted by Crippen LogP contribution is 2.40. The highest BCUT2D eigenvalue weighted by atomic mass is 28.2. The third-order valence-corrected chi connectivity index (χ3v) is 8.62. The van der Waals surface area contributed by atoms with Gasteiger partial charge in [0, 0.05) is 13.2 Å². The molecule has 2 aromatic carbocycles. The van der Waals surface area contributed by atoms with Crippen molar-refractivity contribution in [3.8, 4) is 0 Å². The van der Waals surface area contributed by atoms with Gasteiger partial charge < -0.3 is 9.47 Å². The monoisotopic (exact) mass is 365 g/mol. The molecule has 2 aromatic rings. The van der Waals surface area contributed by atoms with Crippen molar-refractivity contribution in [3.63, 3.8) is 0 Å². The van der Waals surface area contributed by atoms with Crippen LogP contribution in [0.5, 0.6) is 0 Å². The molecule has 2 saturated heterocycles. The molecule has 2 unspecified atom stereocenters. The zero-order valence-electron chi connectivity index (χ0n) is 14.7. The smallest absolute Gasteiger partial charge is 0.0906 e. The summed E-state index contributed by atoms with van der Waals surface area (Å²) in [7, 11) is 4.76. The standard InChI is InChI=1S/C21H25O2Si2/c24-20(12-3-5-14-22-20)21(13-4-6-15-23-21)25-16-18-10-7-9-17-8-1-2-11-19(17)18/h1-2,7-11H,3-6,12-16H2. The lowest BCUT2D eigenvalue weighted by Gasteiger charge is -2.52. The molecule has 4 rings (SSSR count). The van der Waals surface area contributed by atoms with Gasteiger partial charge in [0.05, 0.1) is 30.2 Å². The van der Waals surface area contributed by atoms with Gasteiger partial charge in [0.1, 0.15) is 0 Å². The summed E-state index contributed by atoms with van der Waals surface area (Å²) in [6, 6.07) is 16.4.